The fraction of sp³-hybridized carbons (Fsp3) is 0.412. The van der Waals surface area contributed by atoms with Crippen LogP contribution >= 0.6 is 0 Å². The summed E-state index contributed by atoms with van der Waals surface area (Å²) >= 11 is 0. The standard InChI is InChI=1S/C17H19N5O/c1-21-15-4-7-18-11-14(15)13-2-3-16(20-17(13)21)22-8-5-12(6-9-22)10-19-23/h2-4,7,11-12H,5-6,8-10H2,1H3. The first-order chi connectivity index (χ1) is 11.3. The van der Waals surface area contributed by atoms with Crippen molar-refractivity contribution in [1.82, 2.24) is 14.5 Å². The quantitative estimate of drug-likeness (QED) is 0.697. The first kappa shape index (κ1) is 14.1. The van der Waals surface area contributed by atoms with Gasteiger partial charge < -0.3 is 9.47 Å². The van der Waals surface area contributed by atoms with Gasteiger partial charge in [0.1, 0.15) is 11.5 Å². The van der Waals surface area contributed by atoms with Crippen LogP contribution < -0.4 is 4.90 Å². The molecule has 1 aliphatic rings. The summed E-state index contributed by atoms with van der Waals surface area (Å²) < 4.78 is 2.12. The van der Waals surface area contributed by atoms with Crippen molar-refractivity contribution in [3.05, 3.63) is 35.5 Å². The van der Waals surface area contributed by atoms with Crippen molar-refractivity contribution >= 4 is 27.8 Å². The van der Waals surface area contributed by atoms with Crippen LogP contribution in [-0.4, -0.2) is 34.2 Å². The molecule has 4 heterocycles. The van der Waals surface area contributed by atoms with Crippen molar-refractivity contribution < 1.29 is 0 Å². The molecular formula is C17H19N5O. The lowest BCUT2D eigenvalue weighted by Crippen LogP contribution is -2.35. The predicted octanol–water partition coefficient (Wildman–Crippen LogP) is 3.10. The summed E-state index contributed by atoms with van der Waals surface area (Å²) in [6.07, 6.45) is 5.72. The molecule has 0 saturated carbocycles. The number of pyridine rings is 2. The third-order valence-corrected chi connectivity index (χ3v) is 4.90. The summed E-state index contributed by atoms with van der Waals surface area (Å²) in [4.78, 5) is 21.8. The topological polar surface area (TPSA) is 63.4 Å². The Bertz CT molecular complexity index is 864. The molecule has 0 aliphatic carbocycles. The zero-order valence-corrected chi connectivity index (χ0v) is 13.1. The molecule has 23 heavy (non-hydrogen) atoms. The molecule has 3 aromatic heterocycles. The Hall–Kier alpha value is -2.50. The number of anilines is 1. The van der Waals surface area contributed by atoms with Crippen molar-refractivity contribution in [2.24, 2.45) is 18.1 Å². The minimum atomic E-state index is 0.427. The number of nitrogens with zero attached hydrogens (tertiary/aromatic N) is 5. The molecule has 4 rings (SSSR count). The molecule has 0 amide bonds. The van der Waals surface area contributed by atoms with Crippen molar-refractivity contribution in [2.75, 3.05) is 24.5 Å². The van der Waals surface area contributed by atoms with Crippen LogP contribution in [0.3, 0.4) is 0 Å². The Morgan fingerprint density at radius 3 is 2.83 bits per heavy atom. The molecule has 0 aromatic carbocycles. The number of aryl methyl sites for hydroxylation is 1. The van der Waals surface area contributed by atoms with Gasteiger partial charge in [0, 0.05) is 43.3 Å². The summed E-state index contributed by atoms with van der Waals surface area (Å²) in [5.74, 6) is 1.44. The highest BCUT2D eigenvalue weighted by Crippen LogP contribution is 2.29. The number of fused-ring (bicyclic) bond motifs is 3. The van der Waals surface area contributed by atoms with E-state index in [0.29, 0.717) is 12.5 Å². The number of aromatic nitrogens is 3. The maximum absolute atomic E-state index is 10.4. The van der Waals surface area contributed by atoms with Gasteiger partial charge in [-0.15, -0.1) is 0 Å². The van der Waals surface area contributed by atoms with Crippen LogP contribution in [0.25, 0.3) is 21.9 Å². The van der Waals surface area contributed by atoms with Crippen molar-refractivity contribution in [3.8, 4) is 0 Å². The van der Waals surface area contributed by atoms with Gasteiger partial charge in [0.15, 0.2) is 0 Å². The van der Waals surface area contributed by atoms with E-state index in [4.69, 9.17) is 4.98 Å². The van der Waals surface area contributed by atoms with E-state index in [1.165, 1.54) is 0 Å². The van der Waals surface area contributed by atoms with Crippen LogP contribution in [0.2, 0.25) is 0 Å². The predicted molar refractivity (Wildman–Crippen MR) is 91.6 cm³/mol. The smallest absolute Gasteiger partial charge is 0.143 e. The molecule has 0 spiro atoms. The van der Waals surface area contributed by atoms with Crippen LogP contribution in [-0.2, 0) is 7.05 Å². The molecule has 3 aromatic rings. The number of rotatable bonds is 3. The number of piperidine rings is 1. The average molecular weight is 309 g/mol. The highest BCUT2D eigenvalue weighted by Gasteiger charge is 2.21. The molecule has 0 N–H and O–H groups in total. The summed E-state index contributed by atoms with van der Waals surface area (Å²) in [6, 6.07) is 6.25. The molecule has 1 fully saturated rings. The summed E-state index contributed by atoms with van der Waals surface area (Å²) in [5, 5.41) is 5.32. The Labute approximate surface area is 134 Å². The Balaban J connectivity index is 1.68. The van der Waals surface area contributed by atoms with Crippen LogP contribution in [0.15, 0.2) is 35.8 Å². The van der Waals surface area contributed by atoms with E-state index in [-0.39, 0.29) is 0 Å². The van der Waals surface area contributed by atoms with Gasteiger partial charge in [0.05, 0.1) is 12.1 Å². The van der Waals surface area contributed by atoms with Gasteiger partial charge in [-0.1, -0.05) is 5.18 Å². The fourth-order valence-electron chi connectivity index (χ4n) is 3.53. The first-order valence-corrected chi connectivity index (χ1v) is 8.01. The number of nitroso groups, excluding NO2 is 1. The lowest BCUT2D eigenvalue weighted by molar-refractivity contribution is 0.413. The van der Waals surface area contributed by atoms with E-state index in [1.807, 2.05) is 25.5 Å². The monoisotopic (exact) mass is 309 g/mol. The Kier molecular flexibility index (Phi) is 3.44. The first-order valence-electron chi connectivity index (χ1n) is 8.01. The second-order valence-electron chi connectivity index (χ2n) is 6.23. The number of hydrogen-bond acceptors (Lipinski definition) is 5. The molecule has 6 heteroatoms. The van der Waals surface area contributed by atoms with Gasteiger partial charge in [0.2, 0.25) is 0 Å². The average Bonchev–Trinajstić information content (AvgIpc) is 2.89. The molecule has 1 aliphatic heterocycles. The SMILES string of the molecule is Cn1c2ccncc2c2ccc(N3CCC(CN=O)CC3)nc21. The van der Waals surface area contributed by atoms with Gasteiger partial charge in [0.25, 0.3) is 0 Å². The second kappa shape index (κ2) is 5.61. The van der Waals surface area contributed by atoms with Crippen LogP contribution in [0.1, 0.15) is 12.8 Å². The van der Waals surface area contributed by atoms with Crippen molar-refractivity contribution in [2.45, 2.75) is 12.8 Å². The minimum absolute atomic E-state index is 0.427. The van der Waals surface area contributed by atoms with Gasteiger partial charge in [-0.3, -0.25) is 4.98 Å². The largest absolute Gasteiger partial charge is 0.357 e. The van der Waals surface area contributed by atoms with E-state index in [2.05, 4.69) is 31.8 Å². The molecule has 118 valence electrons. The van der Waals surface area contributed by atoms with Gasteiger partial charge in [-0.05, 0) is 37.0 Å². The van der Waals surface area contributed by atoms with Crippen LogP contribution in [0.4, 0.5) is 5.82 Å². The Morgan fingerprint density at radius 1 is 1.22 bits per heavy atom. The number of hydrogen-bond donors (Lipinski definition) is 0. The van der Waals surface area contributed by atoms with E-state index in [0.717, 1.165) is 53.7 Å². The van der Waals surface area contributed by atoms with E-state index >= 15 is 0 Å². The summed E-state index contributed by atoms with van der Waals surface area (Å²) in [5.41, 5.74) is 2.14. The molecule has 0 bridgehead atoms. The molecule has 0 radical (unpaired) electrons. The Morgan fingerprint density at radius 2 is 2.04 bits per heavy atom. The summed E-state index contributed by atoms with van der Waals surface area (Å²) in [6.45, 7) is 2.31. The third kappa shape index (κ3) is 2.34. The van der Waals surface area contributed by atoms with Crippen LogP contribution in [0.5, 0.6) is 0 Å². The molecule has 0 atom stereocenters. The molecular weight excluding hydrogens is 290 g/mol. The van der Waals surface area contributed by atoms with E-state index < -0.39 is 0 Å². The second-order valence-corrected chi connectivity index (χ2v) is 6.23. The zero-order valence-electron chi connectivity index (χ0n) is 13.1. The maximum atomic E-state index is 10.4. The normalized spacial score (nSPS) is 16.3. The fourth-order valence-corrected chi connectivity index (χ4v) is 3.53. The van der Waals surface area contributed by atoms with Crippen molar-refractivity contribution in [1.29, 1.82) is 0 Å². The van der Waals surface area contributed by atoms with E-state index in [1.54, 1.807) is 0 Å². The summed E-state index contributed by atoms with van der Waals surface area (Å²) in [7, 11) is 2.05. The molecule has 0 unspecified atom stereocenters. The van der Waals surface area contributed by atoms with Crippen LogP contribution in [0, 0.1) is 10.8 Å². The highest BCUT2D eigenvalue weighted by molar-refractivity contribution is 6.06. The molecule has 6 nitrogen and oxygen atoms in total. The van der Waals surface area contributed by atoms with Gasteiger partial charge in [-0.25, -0.2) is 4.98 Å². The van der Waals surface area contributed by atoms with Crippen molar-refractivity contribution in [3.63, 3.8) is 0 Å². The zero-order chi connectivity index (χ0) is 15.8. The highest BCUT2D eigenvalue weighted by atomic mass is 16.3. The maximum Gasteiger partial charge on any atom is 0.143 e. The van der Waals surface area contributed by atoms with Gasteiger partial charge in [-0.2, -0.15) is 4.91 Å². The third-order valence-electron chi connectivity index (χ3n) is 4.90. The minimum Gasteiger partial charge on any atom is -0.357 e. The van der Waals surface area contributed by atoms with Gasteiger partial charge >= 0.3 is 0 Å². The lowest BCUT2D eigenvalue weighted by atomic mass is 9.97. The van der Waals surface area contributed by atoms with E-state index in [9.17, 15) is 4.91 Å². The molecule has 1 saturated heterocycles. The lowest BCUT2D eigenvalue weighted by Gasteiger charge is -2.31.